The lowest BCUT2D eigenvalue weighted by atomic mass is 10.0. The molecule has 2 aliphatic rings. The summed E-state index contributed by atoms with van der Waals surface area (Å²) in [6.45, 7) is 0.452. The van der Waals surface area contributed by atoms with Crippen LogP contribution in [-0.2, 0) is 4.79 Å². The maximum Gasteiger partial charge on any atom is 0.225 e. The molecular formula is C17H21NO4S. The molecule has 2 aliphatic heterocycles. The maximum atomic E-state index is 11.8. The van der Waals surface area contributed by atoms with Crippen molar-refractivity contribution >= 4 is 23.2 Å². The van der Waals surface area contributed by atoms with Gasteiger partial charge in [-0.25, -0.2) is 0 Å². The van der Waals surface area contributed by atoms with Crippen molar-refractivity contribution in [1.82, 2.24) is 4.90 Å². The van der Waals surface area contributed by atoms with Crippen molar-refractivity contribution in [3.8, 4) is 11.5 Å². The highest BCUT2D eigenvalue weighted by Gasteiger charge is 2.28. The molecular weight excluding hydrogens is 314 g/mol. The Morgan fingerprint density at radius 3 is 2.70 bits per heavy atom. The standard InChI is InChI=1S/C17H21NO4S/c1-21-13-9-12-11(5-7-18-16(19)3-4-17(18)20)6-8-23-15(12)10-14(13)22-2/h5,9-10,16,19H,3-4,6-8H2,1-2H3. The molecule has 2 heterocycles. The van der Waals surface area contributed by atoms with Crippen LogP contribution >= 0.6 is 11.8 Å². The van der Waals surface area contributed by atoms with Gasteiger partial charge in [-0.05, 0) is 29.7 Å². The SMILES string of the molecule is COc1cc2c(cc1OC)C(=CCN1C(=O)CCC1O)CCS2. The molecule has 0 aromatic heterocycles. The Bertz CT molecular complexity index is 644. The average molecular weight is 335 g/mol. The smallest absolute Gasteiger partial charge is 0.225 e. The largest absolute Gasteiger partial charge is 0.493 e. The Kier molecular flexibility index (Phi) is 4.82. The number of thioether (sulfide) groups is 1. The summed E-state index contributed by atoms with van der Waals surface area (Å²) in [4.78, 5) is 14.5. The molecule has 1 N–H and O–H groups in total. The van der Waals surface area contributed by atoms with E-state index in [4.69, 9.17) is 9.47 Å². The number of amides is 1. The van der Waals surface area contributed by atoms with E-state index in [1.165, 1.54) is 10.5 Å². The van der Waals surface area contributed by atoms with Crippen LogP contribution in [0.1, 0.15) is 24.8 Å². The number of fused-ring (bicyclic) bond motifs is 1. The van der Waals surface area contributed by atoms with Crippen LogP contribution in [-0.4, -0.2) is 48.7 Å². The monoisotopic (exact) mass is 335 g/mol. The summed E-state index contributed by atoms with van der Waals surface area (Å²) >= 11 is 1.79. The van der Waals surface area contributed by atoms with E-state index in [9.17, 15) is 9.90 Å². The second-order valence-electron chi connectivity index (χ2n) is 5.60. The van der Waals surface area contributed by atoms with Gasteiger partial charge in [0.1, 0.15) is 6.23 Å². The van der Waals surface area contributed by atoms with Gasteiger partial charge in [0.2, 0.25) is 5.91 Å². The molecule has 23 heavy (non-hydrogen) atoms. The quantitative estimate of drug-likeness (QED) is 0.916. The number of ether oxygens (including phenoxy) is 2. The fraction of sp³-hybridized carbons (Fsp3) is 0.471. The lowest BCUT2D eigenvalue weighted by Gasteiger charge is -2.23. The van der Waals surface area contributed by atoms with Crippen LogP contribution in [0.3, 0.4) is 0 Å². The molecule has 0 radical (unpaired) electrons. The first-order valence-electron chi connectivity index (χ1n) is 7.69. The fourth-order valence-electron chi connectivity index (χ4n) is 3.00. The molecule has 3 rings (SSSR count). The minimum Gasteiger partial charge on any atom is -0.493 e. The van der Waals surface area contributed by atoms with Crippen molar-refractivity contribution in [3.63, 3.8) is 0 Å². The second kappa shape index (κ2) is 6.84. The Hall–Kier alpha value is -1.66. The van der Waals surface area contributed by atoms with Gasteiger partial charge in [-0.3, -0.25) is 4.79 Å². The number of likely N-dealkylation sites (tertiary alicyclic amines) is 1. The summed E-state index contributed by atoms with van der Waals surface area (Å²) in [5, 5.41) is 9.87. The third-order valence-corrected chi connectivity index (χ3v) is 5.35. The number of carbonyl (C=O) groups excluding carboxylic acids is 1. The highest BCUT2D eigenvalue weighted by atomic mass is 32.2. The first kappa shape index (κ1) is 16.2. The lowest BCUT2D eigenvalue weighted by Crippen LogP contribution is -2.32. The number of allylic oxidation sites excluding steroid dienone is 1. The lowest BCUT2D eigenvalue weighted by molar-refractivity contribution is -0.132. The highest BCUT2D eigenvalue weighted by Crippen LogP contribution is 2.43. The van der Waals surface area contributed by atoms with Crippen LogP contribution < -0.4 is 9.47 Å². The van der Waals surface area contributed by atoms with Gasteiger partial charge in [-0.2, -0.15) is 0 Å². The molecule has 1 fully saturated rings. The number of benzene rings is 1. The minimum atomic E-state index is -0.651. The van der Waals surface area contributed by atoms with E-state index >= 15 is 0 Å². The van der Waals surface area contributed by atoms with Crippen molar-refractivity contribution < 1.29 is 19.4 Å². The van der Waals surface area contributed by atoms with E-state index in [1.807, 2.05) is 12.1 Å². The molecule has 6 heteroatoms. The summed E-state index contributed by atoms with van der Waals surface area (Å²) < 4.78 is 10.8. The van der Waals surface area contributed by atoms with Crippen LogP contribution in [0, 0.1) is 0 Å². The third-order valence-electron chi connectivity index (χ3n) is 4.29. The predicted octanol–water partition coefficient (Wildman–Crippen LogP) is 2.52. The zero-order chi connectivity index (χ0) is 16.4. The number of methoxy groups -OCH3 is 2. The molecule has 1 unspecified atom stereocenters. The highest BCUT2D eigenvalue weighted by molar-refractivity contribution is 7.99. The third kappa shape index (κ3) is 3.19. The maximum absolute atomic E-state index is 11.8. The average Bonchev–Trinajstić information content (AvgIpc) is 2.89. The summed E-state index contributed by atoms with van der Waals surface area (Å²) in [7, 11) is 3.26. The summed E-state index contributed by atoms with van der Waals surface area (Å²) in [6, 6.07) is 4.00. The van der Waals surface area contributed by atoms with Gasteiger partial charge in [0.15, 0.2) is 11.5 Å². The fourth-order valence-corrected chi connectivity index (χ4v) is 4.08. The molecule has 1 aromatic rings. The first-order valence-corrected chi connectivity index (χ1v) is 8.68. The molecule has 0 bridgehead atoms. The summed E-state index contributed by atoms with van der Waals surface area (Å²) in [5.74, 6) is 2.44. The number of nitrogens with zero attached hydrogens (tertiary/aromatic N) is 1. The molecule has 5 nitrogen and oxygen atoms in total. The van der Waals surface area contributed by atoms with Gasteiger partial charge in [0.25, 0.3) is 0 Å². The van der Waals surface area contributed by atoms with Gasteiger partial charge in [-0.15, -0.1) is 11.8 Å². The van der Waals surface area contributed by atoms with Gasteiger partial charge in [0.05, 0.1) is 14.2 Å². The predicted molar refractivity (Wildman–Crippen MR) is 89.8 cm³/mol. The van der Waals surface area contributed by atoms with Gasteiger partial charge >= 0.3 is 0 Å². The molecule has 0 spiro atoms. The number of rotatable bonds is 4. The van der Waals surface area contributed by atoms with Crippen molar-refractivity contribution in [2.24, 2.45) is 0 Å². The molecule has 124 valence electrons. The first-order chi connectivity index (χ1) is 11.1. The zero-order valence-corrected chi connectivity index (χ0v) is 14.2. The van der Waals surface area contributed by atoms with Gasteiger partial charge in [-0.1, -0.05) is 6.08 Å². The van der Waals surface area contributed by atoms with E-state index in [-0.39, 0.29) is 5.91 Å². The number of aliphatic hydroxyl groups is 1. The van der Waals surface area contributed by atoms with E-state index < -0.39 is 6.23 Å². The Balaban J connectivity index is 1.88. The Labute approximate surface area is 140 Å². The number of aliphatic hydroxyl groups excluding tert-OH is 1. The molecule has 0 aliphatic carbocycles. The van der Waals surface area contributed by atoms with Crippen molar-refractivity contribution in [2.75, 3.05) is 26.5 Å². The minimum absolute atomic E-state index is 0.0204. The number of hydrogen-bond acceptors (Lipinski definition) is 5. The van der Waals surface area contributed by atoms with Gasteiger partial charge < -0.3 is 19.5 Å². The topological polar surface area (TPSA) is 59.0 Å². The van der Waals surface area contributed by atoms with E-state index in [1.54, 1.807) is 26.0 Å². The normalized spacial score (nSPS) is 22.4. The zero-order valence-electron chi connectivity index (χ0n) is 13.4. The van der Waals surface area contributed by atoms with Crippen molar-refractivity contribution in [2.45, 2.75) is 30.4 Å². The van der Waals surface area contributed by atoms with Gasteiger partial charge in [0, 0.05) is 30.0 Å². The number of hydrogen-bond donors (Lipinski definition) is 1. The number of carbonyl (C=O) groups is 1. The Morgan fingerprint density at radius 1 is 1.30 bits per heavy atom. The summed E-state index contributed by atoms with van der Waals surface area (Å²) in [5.41, 5.74) is 2.31. The molecule has 1 aromatic carbocycles. The van der Waals surface area contributed by atoms with Crippen LogP contribution in [0.5, 0.6) is 11.5 Å². The van der Waals surface area contributed by atoms with Crippen LogP contribution in [0.2, 0.25) is 0 Å². The van der Waals surface area contributed by atoms with Crippen molar-refractivity contribution in [1.29, 1.82) is 0 Å². The molecule has 0 saturated carbocycles. The summed E-state index contributed by atoms with van der Waals surface area (Å²) in [6.07, 6.45) is 3.30. The van der Waals surface area contributed by atoms with Crippen LogP contribution in [0.15, 0.2) is 23.1 Å². The van der Waals surface area contributed by atoms with E-state index in [0.717, 1.165) is 28.4 Å². The van der Waals surface area contributed by atoms with E-state index in [0.29, 0.717) is 25.1 Å². The molecule has 1 atom stereocenters. The second-order valence-corrected chi connectivity index (χ2v) is 6.73. The van der Waals surface area contributed by atoms with E-state index in [2.05, 4.69) is 6.08 Å². The Morgan fingerprint density at radius 2 is 2.04 bits per heavy atom. The molecule has 1 saturated heterocycles. The van der Waals surface area contributed by atoms with Crippen LogP contribution in [0.4, 0.5) is 0 Å². The van der Waals surface area contributed by atoms with Crippen molar-refractivity contribution in [3.05, 3.63) is 23.8 Å². The molecule has 1 amide bonds. The van der Waals surface area contributed by atoms with Crippen LogP contribution in [0.25, 0.3) is 5.57 Å².